The molecule has 1 aromatic heterocycles. The Hall–Kier alpha value is -2.38. The van der Waals surface area contributed by atoms with Gasteiger partial charge in [-0.3, -0.25) is 4.79 Å². The second kappa shape index (κ2) is 9.71. The van der Waals surface area contributed by atoms with Crippen molar-refractivity contribution in [3.8, 4) is 0 Å². The molecule has 3 rings (SSSR count). The zero-order valence-electron chi connectivity index (χ0n) is 15.2. The first kappa shape index (κ1) is 20.4. The van der Waals surface area contributed by atoms with Crippen molar-refractivity contribution >= 4 is 40.4 Å². The van der Waals surface area contributed by atoms with Crippen LogP contribution >= 0.6 is 23.1 Å². The summed E-state index contributed by atoms with van der Waals surface area (Å²) in [5, 5.41) is 6.15. The predicted molar refractivity (Wildman–Crippen MR) is 113 cm³/mol. The van der Waals surface area contributed by atoms with Crippen molar-refractivity contribution in [1.29, 1.82) is 0 Å². The fourth-order valence-corrected chi connectivity index (χ4v) is 3.95. The number of carbonyl (C=O) groups excluding carboxylic acids is 1. The average Bonchev–Trinajstić information content (AvgIpc) is 3.08. The number of hydrogen-bond donors (Lipinski definition) is 2. The lowest BCUT2D eigenvalue weighted by Crippen LogP contribution is -2.14. The number of aryl methyl sites for hydroxylation is 1. The van der Waals surface area contributed by atoms with Crippen molar-refractivity contribution in [2.75, 3.05) is 10.6 Å². The minimum absolute atomic E-state index is 0.149. The van der Waals surface area contributed by atoms with Crippen molar-refractivity contribution in [3.63, 3.8) is 0 Å². The highest BCUT2D eigenvalue weighted by atomic mass is 32.2. The first-order chi connectivity index (χ1) is 13.5. The zero-order valence-corrected chi connectivity index (χ0v) is 16.9. The topological polar surface area (TPSA) is 41.1 Å². The number of thioether (sulfide) groups is 1. The summed E-state index contributed by atoms with van der Waals surface area (Å²) in [6.45, 7) is 2.86. The van der Waals surface area contributed by atoms with Gasteiger partial charge in [0.2, 0.25) is 5.91 Å². The summed E-state index contributed by atoms with van der Waals surface area (Å²) in [5.74, 6) is -2.60. The van der Waals surface area contributed by atoms with Crippen LogP contribution in [0.5, 0.6) is 0 Å². The molecule has 1 heterocycles. The number of hydrogen-bond acceptors (Lipinski definition) is 4. The number of nitrogens with one attached hydrogen (secondary N) is 2. The molecule has 0 atom stereocenters. The Labute approximate surface area is 171 Å². The number of rotatable bonds is 8. The summed E-state index contributed by atoms with van der Waals surface area (Å²) in [6, 6.07) is 18.4. The van der Waals surface area contributed by atoms with Crippen molar-refractivity contribution in [3.05, 3.63) is 76.0 Å². The van der Waals surface area contributed by atoms with E-state index in [0.29, 0.717) is 22.3 Å². The van der Waals surface area contributed by atoms with E-state index in [1.807, 2.05) is 24.3 Å². The van der Waals surface area contributed by atoms with E-state index < -0.39 is 5.76 Å². The van der Waals surface area contributed by atoms with Crippen molar-refractivity contribution in [2.24, 2.45) is 0 Å². The third kappa shape index (κ3) is 6.35. The molecule has 0 aliphatic carbocycles. The number of benzene rings is 2. The maximum absolute atomic E-state index is 12.3. The van der Waals surface area contributed by atoms with Gasteiger partial charge in [-0.05, 0) is 61.0 Å². The Morgan fingerprint density at radius 3 is 2.29 bits per heavy atom. The van der Waals surface area contributed by atoms with E-state index in [1.54, 1.807) is 35.6 Å². The molecule has 0 bridgehead atoms. The molecule has 1 amide bonds. The van der Waals surface area contributed by atoms with E-state index in [4.69, 9.17) is 0 Å². The molecule has 2 N–H and O–H groups in total. The van der Waals surface area contributed by atoms with E-state index in [2.05, 4.69) is 29.7 Å². The molecule has 0 saturated heterocycles. The minimum Gasteiger partial charge on any atom is -0.380 e. The van der Waals surface area contributed by atoms with Crippen LogP contribution in [0.4, 0.5) is 20.2 Å². The monoisotopic (exact) mass is 418 g/mol. The highest BCUT2D eigenvalue weighted by Gasteiger charge is 2.07. The fraction of sp³-hybridized carbons (Fsp3) is 0.190. The van der Waals surface area contributed by atoms with Gasteiger partial charge in [0.05, 0.1) is 6.42 Å². The highest BCUT2D eigenvalue weighted by molar-refractivity contribution is 7.99. The Bertz CT molecular complexity index is 909. The molecule has 0 radical (unpaired) electrons. The summed E-state index contributed by atoms with van der Waals surface area (Å²) >= 11 is 2.25. The lowest BCUT2D eigenvalue weighted by molar-refractivity contribution is -0.115. The summed E-state index contributed by atoms with van der Waals surface area (Å²) in [7, 11) is 0. The van der Waals surface area contributed by atoms with E-state index in [1.165, 1.54) is 9.75 Å². The van der Waals surface area contributed by atoms with E-state index in [9.17, 15) is 13.6 Å². The summed E-state index contributed by atoms with van der Waals surface area (Å²) in [5.41, 5.74) is 2.50. The lowest BCUT2D eigenvalue weighted by Gasteiger charge is -2.08. The Morgan fingerprint density at radius 2 is 1.68 bits per heavy atom. The van der Waals surface area contributed by atoms with Gasteiger partial charge in [0.15, 0.2) is 0 Å². The van der Waals surface area contributed by atoms with Crippen LogP contribution in [0.1, 0.15) is 15.3 Å². The van der Waals surface area contributed by atoms with Gasteiger partial charge in [0, 0.05) is 32.6 Å². The molecule has 3 aromatic rings. The molecular formula is C21H20F2N2OS2. The lowest BCUT2D eigenvalue weighted by atomic mass is 10.1. The van der Waals surface area contributed by atoms with Crippen molar-refractivity contribution in [2.45, 2.75) is 30.5 Å². The summed E-state index contributed by atoms with van der Waals surface area (Å²) in [6.07, 6.45) is 0.248. The van der Waals surface area contributed by atoms with Crippen LogP contribution in [-0.2, 0) is 17.8 Å². The molecule has 28 heavy (non-hydrogen) atoms. The SMILES string of the molecule is Cc1ccc(CNc2ccc(CC(=O)Nc3ccc(SC(F)F)cc3)cc2)s1. The van der Waals surface area contributed by atoms with Crippen LogP contribution in [-0.4, -0.2) is 11.7 Å². The number of carbonyl (C=O) groups is 1. The Kier molecular flexibility index (Phi) is 7.06. The predicted octanol–water partition coefficient (Wildman–Crippen LogP) is 6.16. The van der Waals surface area contributed by atoms with E-state index in [0.717, 1.165) is 17.8 Å². The van der Waals surface area contributed by atoms with Crippen LogP contribution < -0.4 is 10.6 Å². The van der Waals surface area contributed by atoms with Crippen LogP contribution in [0.2, 0.25) is 0 Å². The second-order valence-electron chi connectivity index (χ2n) is 6.19. The minimum atomic E-state index is -2.45. The number of amides is 1. The zero-order chi connectivity index (χ0) is 19.9. The number of halogens is 2. The third-order valence-corrected chi connectivity index (χ3v) is 5.67. The van der Waals surface area contributed by atoms with Crippen LogP contribution in [0, 0.1) is 6.92 Å². The number of alkyl halides is 2. The highest BCUT2D eigenvalue weighted by Crippen LogP contribution is 2.26. The quantitative estimate of drug-likeness (QED) is 0.430. The first-order valence-electron chi connectivity index (χ1n) is 8.71. The van der Waals surface area contributed by atoms with Crippen LogP contribution in [0.25, 0.3) is 0 Å². The molecule has 0 spiro atoms. The molecule has 0 aliphatic rings. The maximum atomic E-state index is 12.3. The number of anilines is 2. The average molecular weight is 419 g/mol. The second-order valence-corrected chi connectivity index (χ2v) is 8.63. The molecule has 2 aromatic carbocycles. The normalized spacial score (nSPS) is 10.9. The van der Waals surface area contributed by atoms with Gasteiger partial charge >= 0.3 is 0 Å². The van der Waals surface area contributed by atoms with Gasteiger partial charge in [-0.2, -0.15) is 8.78 Å². The Balaban J connectivity index is 1.48. The maximum Gasteiger partial charge on any atom is 0.288 e. The largest absolute Gasteiger partial charge is 0.380 e. The third-order valence-electron chi connectivity index (χ3n) is 3.94. The smallest absolute Gasteiger partial charge is 0.288 e. The van der Waals surface area contributed by atoms with Crippen LogP contribution in [0.15, 0.2) is 65.6 Å². The summed E-state index contributed by atoms with van der Waals surface area (Å²) < 4.78 is 24.7. The van der Waals surface area contributed by atoms with Crippen LogP contribution in [0.3, 0.4) is 0 Å². The molecule has 0 aliphatic heterocycles. The molecular weight excluding hydrogens is 398 g/mol. The van der Waals surface area contributed by atoms with Crippen molar-refractivity contribution < 1.29 is 13.6 Å². The fourth-order valence-electron chi connectivity index (χ4n) is 2.62. The van der Waals surface area contributed by atoms with E-state index >= 15 is 0 Å². The molecule has 7 heteroatoms. The van der Waals surface area contributed by atoms with Gasteiger partial charge in [0.1, 0.15) is 0 Å². The van der Waals surface area contributed by atoms with Gasteiger partial charge in [0.25, 0.3) is 5.76 Å². The molecule has 0 unspecified atom stereocenters. The van der Waals surface area contributed by atoms with E-state index in [-0.39, 0.29) is 12.3 Å². The van der Waals surface area contributed by atoms with Crippen molar-refractivity contribution in [1.82, 2.24) is 0 Å². The molecule has 0 saturated carbocycles. The molecule has 3 nitrogen and oxygen atoms in total. The molecule has 0 fully saturated rings. The Morgan fingerprint density at radius 1 is 1.00 bits per heavy atom. The van der Waals surface area contributed by atoms with Gasteiger partial charge in [-0.15, -0.1) is 11.3 Å². The van der Waals surface area contributed by atoms with Gasteiger partial charge in [-0.25, -0.2) is 0 Å². The van der Waals surface area contributed by atoms with Gasteiger partial charge in [-0.1, -0.05) is 23.9 Å². The molecule has 146 valence electrons. The number of thiophene rings is 1. The standard InChI is InChI=1S/C21H20F2N2OS2/c1-14-2-9-19(27-14)13-24-16-5-3-15(4-6-16)12-20(26)25-17-7-10-18(11-8-17)28-21(22)23/h2-11,21,24H,12-13H2,1H3,(H,25,26). The van der Waals surface area contributed by atoms with Gasteiger partial charge < -0.3 is 10.6 Å². The summed E-state index contributed by atoms with van der Waals surface area (Å²) in [4.78, 5) is 15.2. The first-order valence-corrected chi connectivity index (χ1v) is 10.4.